The summed E-state index contributed by atoms with van der Waals surface area (Å²) in [6.45, 7) is 0.571. The fourth-order valence-corrected chi connectivity index (χ4v) is 4.08. The molecule has 1 saturated heterocycles. The molecule has 2 heterocycles. The van der Waals surface area contributed by atoms with Crippen molar-refractivity contribution in [3.8, 4) is 5.69 Å². The standard InChI is InChI=1S/C20H22FN3O4/c21-13-4-3-5-14(10-13)24-16-7-2-1-6-15(16)18(23-24)19(27)22-20(11-17(25)26)8-9-28-12-20/h3-5,10H,1-2,6-9,11-12H2,(H,22,27)(H,25,26). The molecule has 0 radical (unpaired) electrons. The number of amides is 1. The highest BCUT2D eigenvalue weighted by atomic mass is 19.1. The molecule has 2 aliphatic rings. The van der Waals surface area contributed by atoms with Gasteiger partial charge in [0.2, 0.25) is 0 Å². The van der Waals surface area contributed by atoms with Gasteiger partial charge in [-0.3, -0.25) is 9.59 Å². The first-order valence-electron chi connectivity index (χ1n) is 9.46. The molecule has 8 heteroatoms. The number of carbonyl (C=O) groups is 2. The maximum absolute atomic E-state index is 13.7. The summed E-state index contributed by atoms with van der Waals surface area (Å²) < 4.78 is 20.7. The van der Waals surface area contributed by atoms with Crippen LogP contribution >= 0.6 is 0 Å². The van der Waals surface area contributed by atoms with Crippen molar-refractivity contribution in [1.29, 1.82) is 0 Å². The third kappa shape index (κ3) is 3.52. The molecule has 2 N–H and O–H groups in total. The van der Waals surface area contributed by atoms with Crippen molar-refractivity contribution < 1.29 is 23.8 Å². The predicted octanol–water partition coefficient (Wildman–Crippen LogP) is 2.25. The van der Waals surface area contributed by atoms with Crippen molar-refractivity contribution in [1.82, 2.24) is 15.1 Å². The second-order valence-corrected chi connectivity index (χ2v) is 7.48. The molecule has 1 aromatic heterocycles. The van der Waals surface area contributed by atoms with E-state index < -0.39 is 17.4 Å². The second kappa shape index (κ2) is 7.35. The van der Waals surface area contributed by atoms with Crippen LogP contribution in [0.1, 0.15) is 47.4 Å². The van der Waals surface area contributed by atoms with Crippen LogP contribution in [0.3, 0.4) is 0 Å². The van der Waals surface area contributed by atoms with Gasteiger partial charge in [0.15, 0.2) is 5.69 Å². The topological polar surface area (TPSA) is 93.5 Å². The van der Waals surface area contributed by atoms with Crippen molar-refractivity contribution in [2.24, 2.45) is 0 Å². The van der Waals surface area contributed by atoms with Crippen LogP contribution in [-0.2, 0) is 22.4 Å². The average Bonchev–Trinajstić information content (AvgIpc) is 3.26. The first kappa shape index (κ1) is 18.6. The number of aromatic nitrogens is 2. The van der Waals surface area contributed by atoms with Gasteiger partial charge in [-0.15, -0.1) is 0 Å². The Labute approximate surface area is 161 Å². The van der Waals surface area contributed by atoms with E-state index in [1.165, 1.54) is 12.1 Å². The zero-order valence-electron chi connectivity index (χ0n) is 15.4. The largest absolute Gasteiger partial charge is 0.481 e. The van der Waals surface area contributed by atoms with Crippen LogP contribution < -0.4 is 5.32 Å². The lowest BCUT2D eigenvalue weighted by Crippen LogP contribution is -2.50. The fraction of sp³-hybridized carbons (Fsp3) is 0.450. The predicted molar refractivity (Wildman–Crippen MR) is 98.1 cm³/mol. The highest BCUT2D eigenvalue weighted by Crippen LogP contribution is 2.29. The van der Waals surface area contributed by atoms with Crippen LogP contribution in [0.5, 0.6) is 0 Å². The monoisotopic (exact) mass is 387 g/mol. The second-order valence-electron chi connectivity index (χ2n) is 7.48. The van der Waals surface area contributed by atoms with Crippen molar-refractivity contribution in [3.63, 3.8) is 0 Å². The average molecular weight is 387 g/mol. The number of fused-ring (bicyclic) bond motifs is 1. The van der Waals surface area contributed by atoms with Crippen molar-refractivity contribution in [2.45, 2.75) is 44.1 Å². The maximum Gasteiger partial charge on any atom is 0.305 e. The van der Waals surface area contributed by atoms with Gasteiger partial charge in [0, 0.05) is 17.9 Å². The highest BCUT2D eigenvalue weighted by Gasteiger charge is 2.40. The fourth-order valence-electron chi connectivity index (χ4n) is 4.08. The molecular formula is C20H22FN3O4. The summed E-state index contributed by atoms with van der Waals surface area (Å²) in [4.78, 5) is 24.3. The summed E-state index contributed by atoms with van der Waals surface area (Å²) in [5.41, 5.74) is 1.71. The number of carboxylic acid groups (broad SMARTS) is 1. The first-order chi connectivity index (χ1) is 13.5. The van der Waals surface area contributed by atoms with Gasteiger partial charge in [-0.05, 0) is 50.3 Å². The molecule has 28 heavy (non-hydrogen) atoms. The SMILES string of the molecule is O=C(O)CC1(NC(=O)c2nn(-c3cccc(F)c3)c3c2CCCC3)CCOC1. The van der Waals surface area contributed by atoms with Crippen LogP contribution in [0, 0.1) is 5.82 Å². The van der Waals surface area contributed by atoms with Gasteiger partial charge in [-0.25, -0.2) is 9.07 Å². The Bertz CT molecular complexity index is 918. The number of hydrogen-bond donors (Lipinski definition) is 2. The van der Waals surface area contributed by atoms with Crippen LogP contribution in [0.15, 0.2) is 24.3 Å². The van der Waals surface area contributed by atoms with Crippen LogP contribution in [0.4, 0.5) is 4.39 Å². The minimum absolute atomic E-state index is 0.165. The number of nitrogens with one attached hydrogen (secondary N) is 1. The Hall–Kier alpha value is -2.74. The molecule has 1 aromatic carbocycles. The van der Waals surface area contributed by atoms with E-state index in [2.05, 4.69) is 10.4 Å². The van der Waals surface area contributed by atoms with E-state index in [9.17, 15) is 19.1 Å². The van der Waals surface area contributed by atoms with E-state index in [1.54, 1.807) is 16.8 Å². The lowest BCUT2D eigenvalue weighted by molar-refractivity contribution is -0.138. The summed E-state index contributed by atoms with van der Waals surface area (Å²) in [7, 11) is 0. The minimum atomic E-state index is -0.988. The number of hydrogen-bond acceptors (Lipinski definition) is 4. The molecule has 0 bridgehead atoms. The minimum Gasteiger partial charge on any atom is -0.481 e. The molecule has 0 saturated carbocycles. The molecule has 1 atom stereocenters. The number of rotatable bonds is 5. The van der Waals surface area contributed by atoms with Crippen molar-refractivity contribution in [2.75, 3.05) is 13.2 Å². The van der Waals surface area contributed by atoms with E-state index in [4.69, 9.17) is 4.74 Å². The molecule has 1 aliphatic heterocycles. The number of halogens is 1. The van der Waals surface area contributed by atoms with Crippen molar-refractivity contribution in [3.05, 3.63) is 47.0 Å². The third-order valence-electron chi connectivity index (χ3n) is 5.42. The zero-order chi connectivity index (χ0) is 19.7. The number of aliphatic carboxylic acids is 1. The summed E-state index contributed by atoms with van der Waals surface area (Å²) in [6, 6.07) is 6.12. The van der Waals surface area contributed by atoms with Crippen LogP contribution in [0.2, 0.25) is 0 Å². The number of benzene rings is 1. The van der Waals surface area contributed by atoms with Gasteiger partial charge in [0.1, 0.15) is 5.82 Å². The number of carboxylic acids is 1. The van der Waals surface area contributed by atoms with Gasteiger partial charge < -0.3 is 15.2 Å². The smallest absolute Gasteiger partial charge is 0.305 e. The lowest BCUT2D eigenvalue weighted by atomic mass is 9.92. The summed E-state index contributed by atoms with van der Waals surface area (Å²) in [6.07, 6.45) is 3.64. The molecule has 148 valence electrons. The Balaban J connectivity index is 1.69. The van der Waals surface area contributed by atoms with Crippen LogP contribution in [-0.4, -0.2) is 45.5 Å². The molecule has 2 aromatic rings. The van der Waals surface area contributed by atoms with E-state index >= 15 is 0 Å². The number of nitrogens with zero attached hydrogens (tertiary/aromatic N) is 2. The molecule has 7 nitrogen and oxygen atoms in total. The third-order valence-corrected chi connectivity index (χ3v) is 5.42. The number of ether oxygens (including phenoxy) is 1. The quantitative estimate of drug-likeness (QED) is 0.821. The van der Waals surface area contributed by atoms with Gasteiger partial charge in [-0.2, -0.15) is 5.10 Å². The summed E-state index contributed by atoms with van der Waals surface area (Å²) >= 11 is 0. The summed E-state index contributed by atoms with van der Waals surface area (Å²) in [5.74, 6) is -1.76. The highest BCUT2D eigenvalue weighted by molar-refractivity contribution is 5.95. The Morgan fingerprint density at radius 3 is 2.86 bits per heavy atom. The van der Waals surface area contributed by atoms with Gasteiger partial charge in [0.05, 0.1) is 24.3 Å². The molecule has 1 fully saturated rings. The maximum atomic E-state index is 13.7. The first-order valence-corrected chi connectivity index (χ1v) is 9.46. The van der Waals surface area contributed by atoms with E-state index in [0.29, 0.717) is 18.7 Å². The molecule has 1 unspecified atom stereocenters. The van der Waals surface area contributed by atoms with Crippen LogP contribution in [0.25, 0.3) is 5.69 Å². The molecular weight excluding hydrogens is 365 g/mol. The number of carbonyl (C=O) groups excluding carboxylic acids is 1. The lowest BCUT2D eigenvalue weighted by Gasteiger charge is -2.26. The van der Waals surface area contributed by atoms with Gasteiger partial charge in [0.25, 0.3) is 5.91 Å². The van der Waals surface area contributed by atoms with Gasteiger partial charge >= 0.3 is 5.97 Å². The molecule has 1 amide bonds. The molecule has 0 spiro atoms. The molecule has 4 rings (SSSR count). The normalized spacial score (nSPS) is 21.3. The van der Waals surface area contributed by atoms with E-state index in [-0.39, 0.29) is 24.5 Å². The Morgan fingerprint density at radius 2 is 2.14 bits per heavy atom. The summed E-state index contributed by atoms with van der Waals surface area (Å²) in [5, 5.41) is 16.6. The van der Waals surface area contributed by atoms with E-state index in [0.717, 1.165) is 36.9 Å². The Morgan fingerprint density at radius 1 is 1.32 bits per heavy atom. The van der Waals surface area contributed by atoms with E-state index in [1.807, 2.05) is 0 Å². The van der Waals surface area contributed by atoms with Crippen molar-refractivity contribution >= 4 is 11.9 Å². The Kier molecular flexibility index (Phi) is 4.89. The zero-order valence-corrected chi connectivity index (χ0v) is 15.4. The van der Waals surface area contributed by atoms with Gasteiger partial charge in [-0.1, -0.05) is 6.07 Å². The molecule has 1 aliphatic carbocycles.